The van der Waals surface area contributed by atoms with Crippen LogP contribution in [0.25, 0.3) is 0 Å². The number of ketones is 1. The summed E-state index contributed by atoms with van der Waals surface area (Å²) in [6.07, 6.45) is -4.66. The number of aliphatic carboxylic acids is 1. The van der Waals surface area contributed by atoms with Crippen LogP contribution in [0.2, 0.25) is 0 Å². The number of halogens is 3. The number of benzene rings is 2. The van der Waals surface area contributed by atoms with Crippen LogP contribution in [0.15, 0.2) is 30.3 Å². The van der Waals surface area contributed by atoms with E-state index in [0.717, 1.165) is 5.56 Å². The van der Waals surface area contributed by atoms with E-state index in [1.807, 2.05) is 20.8 Å². The van der Waals surface area contributed by atoms with Gasteiger partial charge in [0.2, 0.25) is 0 Å². The Bertz CT molecular complexity index is 1060. The second-order valence-corrected chi connectivity index (χ2v) is 9.91. The average molecular weight is 481 g/mol. The van der Waals surface area contributed by atoms with Crippen molar-refractivity contribution in [1.82, 2.24) is 0 Å². The van der Waals surface area contributed by atoms with Gasteiger partial charge in [0.25, 0.3) is 0 Å². The van der Waals surface area contributed by atoms with Gasteiger partial charge in [-0.3, -0.25) is 4.79 Å². The van der Waals surface area contributed by atoms with Gasteiger partial charge in [0.15, 0.2) is 11.4 Å². The largest absolute Gasteiger partial charge is 0.573 e. The predicted octanol–water partition coefficient (Wildman–Crippen LogP) is 6.56. The number of carboxylic acid groups (broad SMARTS) is 1. The Morgan fingerprint density at radius 1 is 0.912 bits per heavy atom. The topological polar surface area (TPSA) is 72.8 Å². The van der Waals surface area contributed by atoms with E-state index < -0.39 is 34.9 Å². The van der Waals surface area contributed by atoms with E-state index in [-0.39, 0.29) is 18.4 Å². The zero-order chi connectivity index (χ0) is 26.1. The summed E-state index contributed by atoms with van der Waals surface area (Å²) in [5, 5.41) is 9.30. The molecule has 5 nitrogen and oxygen atoms in total. The van der Waals surface area contributed by atoms with Gasteiger partial charge in [-0.25, -0.2) is 4.79 Å². The maximum absolute atomic E-state index is 13.0. The third-order valence-electron chi connectivity index (χ3n) is 5.41. The SMILES string of the molecule is Cc1cc(CCC(=O)c2ccc(C(C)(C)C)cc2OC(F)(F)F)cc(C)c1OC(C)(C)C(=O)O. The van der Waals surface area contributed by atoms with Gasteiger partial charge in [-0.05, 0) is 73.9 Å². The Balaban J connectivity index is 2.26. The highest BCUT2D eigenvalue weighted by molar-refractivity contribution is 5.99. The highest BCUT2D eigenvalue weighted by Crippen LogP contribution is 2.33. The average Bonchev–Trinajstić information content (AvgIpc) is 2.66. The highest BCUT2D eigenvalue weighted by Gasteiger charge is 2.34. The van der Waals surface area contributed by atoms with E-state index in [2.05, 4.69) is 4.74 Å². The molecular weight excluding hydrogens is 449 g/mol. The van der Waals surface area contributed by atoms with Crippen LogP contribution in [0.4, 0.5) is 13.2 Å². The molecule has 0 bridgehead atoms. The van der Waals surface area contributed by atoms with Gasteiger partial charge in [0.1, 0.15) is 11.5 Å². The number of carbonyl (C=O) groups is 2. The zero-order valence-corrected chi connectivity index (χ0v) is 20.5. The molecule has 2 aromatic rings. The van der Waals surface area contributed by atoms with Crippen LogP contribution in [0, 0.1) is 13.8 Å². The lowest BCUT2D eigenvalue weighted by Gasteiger charge is -2.24. The van der Waals surface area contributed by atoms with Gasteiger partial charge in [-0.1, -0.05) is 39.0 Å². The fourth-order valence-corrected chi connectivity index (χ4v) is 3.46. The van der Waals surface area contributed by atoms with Crippen molar-refractivity contribution in [2.24, 2.45) is 0 Å². The molecule has 0 saturated heterocycles. The van der Waals surface area contributed by atoms with E-state index in [4.69, 9.17) is 4.74 Å². The molecule has 8 heteroatoms. The van der Waals surface area contributed by atoms with Gasteiger partial charge in [-0.15, -0.1) is 13.2 Å². The number of alkyl halides is 3. The molecule has 1 N–H and O–H groups in total. The zero-order valence-electron chi connectivity index (χ0n) is 20.5. The minimum absolute atomic E-state index is 0.0250. The normalized spacial score (nSPS) is 12.4. The lowest BCUT2D eigenvalue weighted by atomic mass is 9.86. The molecule has 186 valence electrons. The quantitative estimate of drug-likeness (QED) is 0.434. The summed E-state index contributed by atoms with van der Waals surface area (Å²) in [5.74, 6) is -1.63. The van der Waals surface area contributed by atoms with Crippen molar-refractivity contribution in [3.8, 4) is 11.5 Å². The summed E-state index contributed by atoms with van der Waals surface area (Å²) < 4.78 is 48.8. The molecule has 0 aliphatic heterocycles. The predicted molar refractivity (Wildman–Crippen MR) is 123 cm³/mol. The second-order valence-electron chi connectivity index (χ2n) is 9.91. The number of hydrogen-bond donors (Lipinski definition) is 1. The highest BCUT2D eigenvalue weighted by atomic mass is 19.4. The van der Waals surface area contributed by atoms with Crippen molar-refractivity contribution >= 4 is 11.8 Å². The first-order chi connectivity index (χ1) is 15.4. The van der Waals surface area contributed by atoms with E-state index in [1.54, 1.807) is 32.0 Å². The first-order valence-corrected chi connectivity index (χ1v) is 10.9. The van der Waals surface area contributed by atoms with Gasteiger partial charge < -0.3 is 14.6 Å². The Morgan fingerprint density at radius 2 is 1.47 bits per heavy atom. The molecule has 2 rings (SSSR count). The molecule has 34 heavy (non-hydrogen) atoms. The standard InChI is InChI=1S/C26H31F3O5/c1-15-12-17(13-16(2)22(15)34-25(6,7)23(31)32)8-11-20(30)19-10-9-18(24(3,4)5)14-21(19)33-26(27,28)29/h9-10,12-14H,8,11H2,1-7H3,(H,31,32). The summed E-state index contributed by atoms with van der Waals surface area (Å²) in [6.45, 7) is 12.0. The van der Waals surface area contributed by atoms with Crippen LogP contribution in [0.1, 0.15) is 73.7 Å². The molecule has 0 aliphatic carbocycles. The summed E-state index contributed by atoms with van der Waals surface area (Å²) >= 11 is 0. The van der Waals surface area contributed by atoms with Crippen molar-refractivity contribution < 1.29 is 37.3 Å². The molecule has 0 fully saturated rings. The van der Waals surface area contributed by atoms with E-state index in [9.17, 15) is 27.9 Å². The maximum Gasteiger partial charge on any atom is 0.573 e. The van der Waals surface area contributed by atoms with Crippen LogP contribution in [-0.2, 0) is 16.6 Å². The van der Waals surface area contributed by atoms with Crippen LogP contribution in [0.3, 0.4) is 0 Å². The lowest BCUT2D eigenvalue weighted by molar-refractivity contribution is -0.274. The maximum atomic E-state index is 13.0. The van der Waals surface area contributed by atoms with Gasteiger partial charge in [0, 0.05) is 6.42 Å². The van der Waals surface area contributed by atoms with E-state index in [1.165, 1.54) is 26.0 Å². The summed E-state index contributed by atoms with van der Waals surface area (Å²) in [6, 6.07) is 7.85. The fourth-order valence-electron chi connectivity index (χ4n) is 3.46. The van der Waals surface area contributed by atoms with Crippen LogP contribution >= 0.6 is 0 Å². The van der Waals surface area contributed by atoms with Crippen LogP contribution in [0.5, 0.6) is 11.5 Å². The fraction of sp³-hybridized carbons (Fsp3) is 0.462. The molecule has 2 aromatic carbocycles. The molecule has 0 atom stereocenters. The molecule has 0 aromatic heterocycles. The molecule has 0 heterocycles. The van der Waals surface area contributed by atoms with Crippen molar-refractivity contribution in [3.05, 3.63) is 58.1 Å². The van der Waals surface area contributed by atoms with Crippen molar-refractivity contribution in [2.75, 3.05) is 0 Å². The number of carboxylic acids is 1. The first-order valence-electron chi connectivity index (χ1n) is 10.9. The number of Topliss-reactive ketones (excluding diaryl/α,β-unsaturated/α-hetero) is 1. The number of carbonyl (C=O) groups excluding carboxylic acids is 1. The Morgan fingerprint density at radius 3 is 1.94 bits per heavy atom. The summed E-state index contributed by atoms with van der Waals surface area (Å²) in [7, 11) is 0. The lowest BCUT2D eigenvalue weighted by Crippen LogP contribution is -2.38. The minimum Gasteiger partial charge on any atom is -0.478 e. The minimum atomic E-state index is -4.92. The summed E-state index contributed by atoms with van der Waals surface area (Å²) in [4.78, 5) is 24.2. The molecule has 0 radical (unpaired) electrons. The third-order valence-corrected chi connectivity index (χ3v) is 5.41. The monoisotopic (exact) mass is 480 g/mol. The van der Waals surface area contributed by atoms with Crippen molar-refractivity contribution in [2.45, 2.75) is 78.7 Å². The summed E-state index contributed by atoms with van der Waals surface area (Å²) in [5.41, 5.74) is 0.852. The van der Waals surface area contributed by atoms with Gasteiger partial charge >= 0.3 is 12.3 Å². The van der Waals surface area contributed by atoms with Crippen molar-refractivity contribution in [3.63, 3.8) is 0 Å². The van der Waals surface area contributed by atoms with Crippen LogP contribution in [-0.4, -0.2) is 28.8 Å². The first kappa shape index (κ1) is 27.2. The van der Waals surface area contributed by atoms with Gasteiger partial charge in [-0.2, -0.15) is 0 Å². The Labute approximate surface area is 197 Å². The molecule has 0 spiro atoms. The molecule has 0 unspecified atom stereocenters. The molecular formula is C26H31F3O5. The van der Waals surface area contributed by atoms with Crippen molar-refractivity contribution in [1.29, 1.82) is 0 Å². The number of ether oxygens (including phenoxy) is 2. The number of rotatable bonds is 8. The Kier molecular flexibility index (Phi) is 7.75. The second kappa shape index (κ2) is 9.68. The number of hydrogen-bond acceptors (Lipinski definition) is 4. The van der Waals surface area contributed by atoms with E-state index in [0.29, 0.717) is 22.4 Å². The third kappa shape index (κ3) is 6.98. The number of aryl methyl sites for hydroxylation is 3. The van der Waals surface area contributed by atoms with Gasteiger partial charge in [0.05, 0.1) is 5.56 Å². The Hall–Kier alpha value is -3.03. The molecule has 0 saturated carbocycles. The van der Waals surface area contributed by atoms with Crippen LogP contribution < -0.4 is 9.47 Å². The molecule has 0 amide bonds. The molecule has 0 aliphatic rings. The van der Waals surface area contributed by atoms with E-state index >= 15 is 0 Å². The smallest absolute Gasteiger partial charge is 0.478 e.